The Morgan fingerprint density at radius 2 is 1.62 bits per heavy atom. The summed E-state index contributed by atoms with van der Waals surface area (Å²) in [6.07, 6.45) is -1.17. The third-order valence-corrected chi connectivity index (χ3v) is 5.95. The van der Waals surface area contributed by atoms with Gasteiger partial charge in [0.15, 0.2) is 0 Å². The highest BCUT2D eigenvalue weighted by molar-refractivity contribution is 5.84. The smallest absolute Gasteiger partial charge is 0.313 e. The average molecular weight is 460 g/mol. The fourth-order valence-corrected chi connectivity index (χ4v) is 4.43. The van der Waals surface area contributed by atoms with Crippen LogP contribution in [0.3, 0.4) is 0 Å². The van der Waals surface area contributed by atoms with Gasteiger partial charge in [0.1, 0.15) is 5.92 Å². The first-order valence-electron chi connectivity index (χ1n) is 11.5. The summed E-state index contributed by atoms with van der Waals surface area (Å²) in [6.45, 7) is 11.5. The molecule has 5 nitrogen and oxygen atoms in total. The van der Waals surface area contributed by atoms with E-state index in [0.29, 0.717) is 11.3 Å². The molecule has 0 fully saturated rings. The minimum absolute atomic E-state index is 0.0957. The number of carboxylic acids is 1. The normalized spacial score (nSPS) is 14.0. The van der Waals surface area contributed by atoms with Crippen LogP contribution in [0.4, 0.5) is 0 Å². The monoisotopic (exact) mass is 459 g/mol. The van der Waals surface area contributed by atoms with Crippen LogP contribution in [-0.4, -0.2) is 38.5 Å². The number of hydrogen-bond donors (Lipinski definition) is 3. The number of carboxylic acid groups (broad SMARTS) is 1. The molecule has 0 aliphatic carbocycles. The van der Waals surface area contributed by atoms with E-state index in [4.69, 9.17) is 4.98 Å². The highest BCUT2D eigenvalue weighted by atomic mass is 16.4. The first kappa shape index (κ1) is 25.3. The Labute approximate surface area is 201 Å². The Morgan fingerprint density at radius 3 is 2.15 bits per heavy atom. The van der Waals surface area contributed by atoms with E-state index in [1.54, 1.807) is 0 Å². The van der Waals surface area contributed by atoms with Crippen LogP contribution < -0.4 is 0 Å². The predicted molar refractivity (Wildman–Crippen MR) is 136 cm³/mol. The molecule has 0 aliphatic rings. The lowest BCUT2D eigenvalue weighted by Gasteiger charge is -2.27. The summed E-state index contributed by atoms with van der Waals surface area (Å²) in [6, 6.07) is 17.8. The number of aliphatic hydroxyl groups is 2. The van der Waals surface area contributed by atoms with Crippen LogP contribution in [0.5, 0.6) is 0 Å². The van der Waals surface area contributed by atoms with Crippen LogP contribution >= 0.6 is 0 Å². The van der Waals surface area contributed by atoms with Crippen LogP contribution in [0.15, 0.2) is 67.3 Å². The van der Waals surface area contributed by atoms with Gasteiger partial charge in [-0.1, -0.05) is 79.6 Å². The molecule has 3 rings (SSSR count). The van der Waals surface area contributed by atoms with E-state index in [0.717, 1.165) is 33.5 Å². The Morgan fingerprint density at radius 1 is 1.00 bits per heavy atom. The Kier molecular flexibility index (Phi) is 8.02. The number of aliphatic hydroxyl groups excluding tert-OH is 2. The number of aliphatic carboxylic acids is 1. The molecular formula is C29H33NO4. The molecule has 0 saturated heterocycles. The van der Waals surface area contributed by atoms with Crippen molar-refractivity contribution in [3.8, 4) is 22.4 Å². The zero-order valence-electron chi connectivity index (χ0n) is 20.2. The first-order valence-corrected chi connectivity index (χ1v) is 11.5. The summed E-state index contributed by atoms with van der Waals surface area (Å²) in [5, 5.41) is 31.3. The summed E-state index contributed by atoms with van der Waals surface area (Å²) in [7, 11) is 0. The van der Waals surface area contributed by atoms with E-state index in [-0.39, 0.29) is 12.3 Å². The Hall–Kier alpha value is -3.28. The number of aromatic nitrogens is 1. The predicted octanol–water partition coefficient (Wildman–Crippen LogP) is 5.62. The summed E-state index contributed by atoms with van der Waals surface area (Å²) in [4.78, 5) is 17.5. The Bertz CT molecular complexity index is 1150. The second kappa shape index (κ2) is 10.8. The molecule has 0 saturated carbocycles. The summed E-state index contributed by atoms with van der Waals surface area (Å²) >= 11 is 0. The first-order chi connectivity index (χ1) is 16.1. The van der Waals surface area contributed by atoms with Gasteiger partial charge in [-0.15, -0.1) is 6.58 Å². The third kappa shape index (κ3) is 5.61. The minimum atomic E-state index is -1.32. The van der Waals surface area contributed by atoms with Gasteiger partial charge in [0.05, 0.1) is 17.9 Å². The molecule has 0 aliphatic heterocycles. The number of pyridine rings is 1. The van der Waals surface area contributed by atoms with Crippen molar-refractivity contribution in [3.05, 3.63) is 89.6 Å². The molecule has 5 heteroatoms. The van der Waals surface area contributed by atoms with Gasteiger partial charge in [-0.3, -0.25) is 9.78 Å². The van der Waals surface area contributed by atoms with Crippen molar-refractivity contribution in [2.24, 2.45) is 0 Å². The fraction of sp³-hybridized carbons (Fsp3) is 0.310. The van der Waals surface area contributed by atoms with E-state index in [1.165, 1.54) is 6.08 Å². The van der Waals surface area contributed by atoms with Crippen molar-refractivity contribution in [3.63, 3.8) is 0 Å². The zero-order valence-corrected chi connectivity index (χ0v) is 20.2. The molecule has 3 N–H and O–H groups in total. The van der Waals surface area contributed by atoms with Crippen molar-refractivity contribution in [2.45, 2.75) is 58.2 Å². The van der Waals surface area contributed by atoms with Gasteiger partial charge in [-0.2, -0.15) is 0 Å². The molecule has 34 heavy (non-hydrogen) atoms. The number of aryl methyl sites for hydroxylation is 2. The second-order valence-electron chi connectivity index (χ2n) is 9.17. The highest BCUT2D eigenvalue weighted by Crippen LogP contribution is 2.40. The summed E-state index contributed by atoms with van der Waals surface area (Å²) in [5.74, 6) is -2.52. The maximum Gasteiger partial charge on any atom is 0.313 e. The van der Waals surface area contributed by atoms with Crippen molar-refractivity contribution in [1.29, 1.82) is 0 Å². The SMILES string of the molecule is C=CC(O)CC(O)C(C(=O)O)c1c(-c2cc(C)cc(C)c2)cc(-c2ccccc2)nc1C(C)C. The molecule has 3 unspecified atom stereocenters. The third-order valence-electron chi connectivity index (χ3n) is 5.95. The van der Waals surface area contributed by atoms with Gasteiger partial charge in [0.25, 0.3) is 0 Å². The summed E-state index contributed by atoms with van der Waals surface area (Å²) in [5.41, 5.74) is 6.48. The van der Waals surface area contributed by atoms with E-state index in [9.17, 15) is 20.1 Å². The highest BCUT2D eigenvalue weighted by Gasteiger charge is 2.35. The number of carbonyl (C=O) groups is 1. The average Bonchev–Trinajstić information content (AvgIpc) is 2.78. The van der Waals surface area contributed by atoms with Crippen LogP contribution in [0.25, 0.3) is 22.4 Å². The minimum Gasteiger partial charge on any atom is -0.481 e. The molecule has 0 spiro atoms. The number of nitrogens with zero attached hydrogens (tertiary/aromatic N) is 1. The van der Waals surface area contributed by atoms with Crippen LogP contribution in [0.1, 0.15) is 54.5 Å². The van der Waals surface area contributed by atoms with Crippen molar-refractivity contribution >= 4 is 5.97 Å². The zero-order chi connectivity index (χ0) is 25.0. The molecule has 1 heterocycles. The molecule has 1 aromatic heterocycles. The lowest BCUT2D eigenvalue weighted by Crippen LogP contribution is -2.31. The lowest BCUT2D eigenvalue weighted by molar-refractivity contribution is -0.142. The van der Waals surface area contributed by atoms with Gasteiger partial charge in [0.2, 0.25) is 0 Å². The molecule has 0 radical (unpaired) electrons. The molecule has 0 bridgehead atoms. The van der Waals surface area contributed by atoms with Gasteiger partial charge < -0.3 is 15.3 Å². The number of rotatable bonds is 9. The maximum absolute atomic E-state index is 12.6. The standard InChI is InChI=1S/C29H33NO4/c1-6-22(31)15-25(32)27(29(33)34)26-23(21-13-18(4)12-19(5)14-21)16-24(30-28(26)17(2)3)20-10-8-7-9-11-20/h6-14,16-17,22,25,27,31-32H,1,15H2,2-5H3,(H,33,34). The van der Waals surface area contributed by atoms with Crippen LogP contribution in [-0.2, 0) is 4.79 Å². The molecule has 3 aromatic rings. The second-order valence-corrected chi connectivity index (χ2v) is 9.17. The van der Waals surface area contributed by atoms with Gasteiger partial charge in [-0.25, -0.2) is 0 Å². The quantitative estimate of drug-likeness (QED) is 0.361. The van der Waals surface area contributed by atoms with E-state index >= 15 is 0 Å². The van der Waals surface area contributed by atoms with Crippen molar-refractivity contribution < 1.29 is 20.1 Å². The Balaban J connectivity index is 2.37. The maximum atomic E-state index is 12.6. The summed E-state index contributed by atoms with van der Waals surface area (Å²) < 4.78 is 0. The molecule has 3 atom stereocenters. The van der Waals surface area contributed by atoms with Crippen LogP contribution in [0.2, 0.25) is 0 Å². The lowest BCUT2D eigenvalue weighted by atomic mass is 9.81. The van der Waals surface area contributed by atoms with Crippen molar-refractivity contribution in [2.75, 3.05) is 0 Å². The van der Waals surface area contributed by atoms with Crippen LogP contribution in [0, 0.1) is 13.8 Å². The van der Waals surface area contributed by atoms with E-state index in [1.807, 2.05) is 76.2 Å². The molecule has 2 aromatic carbocycles. The largest absolute Gasteiger partial charge is 0.481 e. The van der Waals surface area contributed by atoms with E-state index < -0.39 is 24.1 Å². The van der Waals surface area contributed by atoms with Gasteiger partial charge >= 0.3 is 5.97 Å². The fourth-order valence-electron chi connectivity index (χ4n) is 4.43. The van der Waals surface area contributed by atoms with Gasteiger partial charge in [0, 0.05) is 17.7 Å². The molecule has 0 amide bonds. The molecular weight excluding hydrogens is 426 g/mol. The molecule has 178 valence electrons. The van der Waals surface area contributed by atoms with Gasteiger partial charge in [-0.05, 0) is 42.5 Å². The van der Waals surface area contributed by atoms with E-state index in [2.05, 4.69) is 12.6 Å². The topological polar surface area (TPSA) is 90.7 Å². The number of benzene rings is 2. The number of hydrogen-bond acceptors (Lipinski definition) is 4. The van der Waals surface area contributed by atoms with Crippen molar-refractivity contribution in [1.82, 2.24) is 4.98 Å².